The average molecular weight is 336 g/mol. The van der Waals surface area contributed by atoms with Gasteiger partial charge in [0, 0.05) is 22.7 Å². The maximum absolute atomic E-state index is 13.9. The highest BCUT2D eigenvalue weighted by Crippen LogP contribution is 2.39. The molecule has 4 rings (SSSR count). The molecule has 0 aliphatic heterocycles. The molecule has 0 fully saturated rings. The summed E-state index contributed by atoms with van der Waals surface area (Å²) in [5.74, 6) is -3.77. The van der Waals surface area contributed by atoms with E-state index in [0.717, 1.165) is 11.3 Å². The number of fused-ring (bicyclic) bond motifs is 2. The normalized spacial score (nSPS) is 11.7. The number of benzene rings is 2. The molecule has 0 spiro atoms. The van der Waals surface area contributed by atoms with Gasteiger partial charge in [-0.3, -0.25) is 0 Å². The Morgan fingerprint density at radius 1 is 1.04 bits per heavy atom. The van der Waals surface area contributed by atoms with Crippen LogP contribution < -0.4 is 0 Å². The van der Waals surface area contributed by atoms with Crippen molar-refractivity contribution in [3.63, 3.8) is 0 Å². The highest BCUT2D eigenvalue weighted by Gasteiger charge is 2.21. The summed E-state index contributed by atoms with van der Waals surface area (Å²) in [6.07, 6.45) is 0. The molecule has 0 saturated carbocycles. The Bertz CT molecular complexity index is 1080. The minimum absolute atomic E-state index is 0.0657. The summed E-state index contributed by atoms with van der Waals surface area (Å²) in [5.41, 5.74) is 1.12. The van der Waals surface area contributed by atoms with Crippen LogP contribution in [0.5, 0.6) is 0 Å². The molecule has 0 amide bonds. The van der Waals surface area contributed by atoms with Crippen LogP contribution in [0.25, 0.3) is 31.7 Å². The van der Waals surface area contributed by atoms with Gasteiger partial charge in [0.05, 0.1) is 10.2 Å². The first kappa shape index (κ1) is 14.2. The first-order chi connectivity index (χ1) is 11.0. The molecule has 4 aromatic rings. The third kappa shape index (κ3) is 1.96. The van der Waals surface area contributed by atoms with Crippen LogP contribution in [0, 0.1) is 30.2 Å². The quantitative estimate of drug-likeness (QED) is 0.370. The number of aromatic nitrogens is 2. The Morgan fingerprint density at radius 2 is 1.83 bits per heavy atom. The van der Waals surface area contributed by atoms with E-state index < -0.39 is 23.3 Å². The summed E-state index contributed by atoms with van der Waals surface area (Å²) in [7, 11) is 0. The van der Waals surface area contributed by atoms with Gasteiger partial charge in [-0.25, -0.2) is 22.5 Å². The first-order valence-electron chi connectivity index (χ1n) is 6.68. The zero-order valence-corrected chi connectivity index (χ0v) is 12.5. The summed E-state index contributed by atoms with van der Waals surface area (Å²) in [6.45, 7) is 1.72. The number of thiazole rings is 1. The Hall–Kier alpha value is -2.41. The van der Waals surface area contributed by atoms with Crippen LogP contribution in [0.4, 0.5) is 17.6 Å². The van der Waals surface area contributed by atoms with Gasteiger partial charge in [0.1, 0.15) is 22.2 Å². The highest BCUT2D eigenvalue weighted by molar-refractivity contribution is 7.21. The number of para-hydroxylation sites is 1. The Balaban J connectivity index is 2.08. The van der Waals surface area contributed by atoms with Gasteiger partial charge in [-0.05, 0) is 13.0 Å². The number of aromatic amines is 1. The van der Waals surface area contributed by atoms with E-state index in [2.05, 4.69) is 9.97 Å². The summed E-state index contributed by atoms with van der Waals surface area (Å²) < 4.78 is 54.8. The molecule has 0 saturated heterocycles. The average Bonchev–Trinajstić information content (AvgIpc) is 3.07. The van der Waals surface area contributed by atoms with E-state index >= 15 is 0 Å². The number of halogens is 4. The van der Waals surface area contributed by atoms with Gasteiger partial charge in [-0.1, -0.05) is 12.1 Å². The topological polar surface area (TPSA) is 28.7 Å². The molecule has 7 heteroatoms. The van der Waals surface area contributed by atoms with Crippen molar-refractivity contribution in [2.75, 3.05) is 0 Å². The largest absolute Gasteiger partial charge is 0.356 e. The SMILES string of the molecule is Cc1[nH]c2c(F)cccc2c1-c1nc2c(F)c(F)cc(F)c2s1. The molecule has 0 atom stereocenters. The maximum atomic E-state index is 13.9. The van der Waals surface area contributed by atoms with E-state index in [0.29, 0.717) is 33.2 Å². The van der Waals surface area contributed by atoms with Crippen LogP contribution in [0.1, 0.15) is 5.69 Å². The smallest absolute Gasteiger partial charge is 0.186 e. The van der Waals surface area contributed by atoms with Crippen molar-refractivity contribution in [3.05, 3.63) is 53.2 Å². The van der Waals surface area contributed by atoms with Crippen molar-refractivity contribution in [1.82, 2.24) is 9.97 Å². The lowest BCUT2D eigenvalue weighted by Gasteiger charge is -1.96. The minimum atomic E-state index is -1.28. The zero-order valence-electron chi connectivity index (χ0n) is 11.7. The van der Waals surface area contributed by atoms with Crippen LogP contribution in [0.3, 0.4) is 0 Å². The van der Waals surface area contributed by atoms with Crippen LogP contribution in [0.2, 0.25) is 0 Å². The van der Waals surface area contributed by atoms with Crippen molar-refractivity contribution in [2.45, 2.75) is 6.92 Å². The van der Waals surface area contributed by atoms with E-state index in [1.54, 1.807) is 19.1 Å². The van der Waals surface area contributed by atoms with Crippen LogP contribution in [-0.2, 0) is 0 Å². The van der Waals surface area contributed by atoms with Crippen molar-refractivity contribution in [3.8, 4) is 10.6 Å². The molecule has 23 heavy (non-hydrogen) atoms. The van der Waals surface area contributed by atoms with Gasteiger partial charge < -0.3 is 4.98 Å². The lowest BCUT2D eigenvalue weighted by Crippen LogP contribution is -1.88. The molecule has 2 aromatic carbocycles. The van der Waals surface area contributed by atoms with Gasteiger partial charge in [-0.2, -0.15) is 0 Å². The van der Waals surface area contributed by atoms with Crippen molar-refractivity contribution >= 4 is 32.5 Å². The second-order valence-corrected chi connectivity index (χ2v) is 6.14. The number of rotatable bonds is 1. The molecular weight excluding hydrogens is 328 g/mol. The van der Waals surface area contributed by atoms with Gasteiger partial charge in [-0.15, -0.1) is 11.3 Å². The zero-order chi connectivity index (χ0) is 16.3. The molecule has 0 radical (unpaired) electrons. The van der Waals surface area contributed by atoms with Gasteiger partial charge in [0.25, 0.3) is 0 Å². The Labute approximate surface area is 131 Å². The van der Waals surface area contributed by atoms with Crippen LogP contribution in [-0.4, -0.2) is 9.97 Å². The molecule has 0 aliphatic rings. The minimum Gasteiger partial charge on any atom is -0.356 e. The second-order valence-electron chi connectivity index (χ2n) is 5.14. The predicted molar refractivity (Wildman–Crippen MR) is 81.5 cm³/mol. The Kier molecular flexibility index (Phi) is 2.96. The first-order valence-corrected chi connectivity index (χ1v) is 7.50. The third-order valence-electron chi connectivity index (χ3n) is 3.70. The molecule has 0 unspecified atom stereocenters. The summed E-state index contributed by atoms with van der Waals surface area (Å²) in [5, 5.41) is 0.862. The van der Waals surface area contributed by atoms with Crippen molar-refractivity contribution in [1.29, 1.82) is 0 Å². The number of aryl methyl sites for hydroxylation is 1. The van der Waals surface area contributed by atoms with Crippen molar-refractivity contribution < 1.29 is 17.6 Å². The summed E-state index contributed by atoms with van der Waals surface area (Å²) >= 11 is 0.904. The third-order valence-corrected chi connectivity index (χ3v) is 4.78. The Morgan fingerprint density at radius 3 is 2.61 bits per heavy atom. The molecule has 116 valence electrons. The molecule has 2 heterocycles. The lowest BCUT2D eigenvalue weighted by molar-refractivity contribution is 0.505. The molecule has 2 nitrogen and oxygen atoms in total. The van der Waals surface area contributed by atoms with Crippen LogP contribution in [0.15, 0.2) is 24.3 Å². The fourth-order valence-corrected chi connectivity index (χ4v) is 3.76. The van der Waals surface area contributed by atoms with E-state index in [-0.39, 0.29) is 10.2 Å². The highest BCUT2D eigenvalue weighted by atomic mass is 32.1. The second kappa shape index (κ2) is 4.79. The predicted octanol–water partition coefficient (Wildman–Crippen LogP) is 5.31. The molecule has 0 bridgehead atoms. The molecule has 1 N–H and O–H groups in total. The van der Waals surface area contributed by atoms with Crippen LogP contribution >= 0.6 is 11.3 Å². The number of nitrogens with one attached hydrogen (secondary N) is 1. The number of nitrogens with zero attached hydrogens (tertiary/aromatic N) is 1. The van der Waals surface area contributed by atoms with E-state index in [9.17, 15) is 17.6 Å². The summed E-state index contributed by atoms with van der Waals surface area (Å²) in [4.78, 5) is 6.95. The monoisotopic (exact) mass is 336 g/mol. The van der Waals surface area contributed by atoms with Gasteiger partial charge in [0.15, 0.2) is 11.6 Å². The fourth-order valence-electron chi connectivity index (χ4n) is 2.68. The van der Waals surface area contributed by atoms with Gasteiger partial charge in [0.2, 0.25) is 0 Å². The van der Waals surface area contributed by atoms with Gasteiger partial charge >= 0.3 is 0 Å². The number of hydrogen-bond donors (Lipinski definition) is 1. The maximum Gasteiger partial charge on any atom is 0.186 e. The number of H-pyrrole nitrogens is 1. The summed E-state index contributed by atoms with van der Waals surface area (Å²) in [6, 6.07) is 5.05. The number of hydrogen-bond acceptors (Lipinski definition) is 2. The lowest BCUT2D eigenvalue weighted by atomic mass is 10.1. The molecule has 2 aromatic heterocycles. The molecule has 0 aliphatic carbocycles. The van der Waals surface area contributed by atoms with Crippen molar-refractivity contribution in [2.24, 2.45) is 0 Å². The van der Waals surface area contributed by atoms with E-state index in [1.165, 1.54) is 6.07 Å². The standard InChI is InChI=1S/C16H8F4N2S/c1-6-11(7-3-2-4-8(17)13(7)21-6)16-22-14-12(20)9(18)5-10(19)15(14)23-16/h2-5,21H,1H3. The molecular formula is C16H8F4N2S. The van der Waals surface area contributed by atoms with E-state index in [4.69, 9.17) is 0 Å². The van der Waals surface area contributed by atoms with E-state index in [1.807, 2.05) is 0 Å². The fraction of sp³-hybridized carbons (Fsp3) is 0.0625.